The topological polar surface area (TPSA) is 70.2 Å². The Bertz CT molecular complexity index is 451. The van der Waals surface area contributed by atoms with E-state index in [1.807, 2.05) is 0 Å². The third kappa shape index (κ3) is 3.12. The predicted molar refractivity (Wildman–Crippen MR) is 87.6 cm³/mol. The monoisotopic (exact) mass is 319 g/mol. The standard InChI is InChI=1S/C18H29N3O2/c22-16(21-11-15-9-19-10-15)1-2-20-17(23)18-6-12-3-13(7-18)5-14(4-12)8-18/h12-15,19H,1-11H2,(H,20,23)(H,21,22). The zero-order valence-electron chi connectivity index (χ0n) is 13.9. The summed E-state index contributed by atoms with van der Waals surface area (Å²) in [6, 6.07) is 0. The van der Waals surface area contributed by atoms with E-state index < -0.39 is 0 Å². The molecule has 4 aliphatic carbocycles. The molecule has 5 heteroatoms. The SMILES string of the molecule is O=C(CCNC(=O)C12CC3CC(CC(C3)C1)C2)NCC1CNC1. The van der Waals surface area contributed by atoms with Crippen LogP contribution in [0.1, 0.15) is 44.9 Å². The van der Waals surface area contributed by atoms with Crippen LogP contribution in [0.15, 0.2) is 0 Å². The van der Waals surface area contributed by atoms with Crippen molar-refractivity contribution in [2.45, 2.75) is 44.9 Å². The molecule has 0 radical (unpaired) electrons. The molecular weight excluding hydrogens is 290 g/mol. The summed E-state index contributed by atoms with van der Waals surface area (Å²) >= 11 is 0. The second-order valence-corrected chi connectivity index (χ2v) is 8.53. The third-order valence-electron chi connectivity index (χ3n) is 6.61. The van der Waals surface area contributed by atoms with Gasteiger partial charge in [0.05, 0.1) is 0 Å². The third-order valence-corrected chi connectivity index (χ3v) is 6.61. The van der Waals surface area contributed by atoms with Crippen LogP contribution in [-0.4, -0.2) is 38.0 Å². The first-order valence-electron chi connectivity index (χ1n) is 9.39. The number of carbonyl (C=O) groups excluding carboxylic acids is 2. The number of hydrogen-bond donors (Lipinski definition) is 3. The van der Waals surface area contributed by atoms with E-state index in [4.69, 9.17) is 0 Å². The first-order valence-corrected chi connectivity index (χ1v) is 9.39. The van der Waals surface area contributed by atoms with E-state index in [-0.39, 0.29) is 17.2 Å². The summed E-state index contributed by atoms with van der Waals surface area (Å²) in [6.07, 6.45) is 7.72. The molecule has 4 bridgehead atoms. The maximum absolute atomic E-state index is 12.7. The summed E-state index contributed by atoms with van der Waals surface area (Å²) in [4.78, 5) is 24.6. The molecule has 0 atom stereocenters. The Hall–Kier alpha value is -1.10. The van der Waals surface area contributed by atoms with Gasteiger partial charge < -0.3 is 16.0 Å². The lowest BCUT2D eigenvalue weighted by Gasteiger charge is -2.55. The van der Waals surface area contributed by atoms with Crippen LogP contribution < -0.4 is 16.0 Å². The number of rotatable bonds is 6. The fraction of sp³-hybridized carbons (Fsp3) is 0.889. The van der Waals surface area contributed by atoms with Crippen LogP contribution in [0.2, 0.25) is 0 Å². The van der Waals surface area contributed by atoms with Crippen molar-refractivity contribution < 1.29 is 9.59 Å². The van der Waals surface area contributed by atoms with Crippen molar-refractivity contribution in [3.63, 3.8) is 0 Å². The van der Waals surface area contributed by atoms with Gasteiger partial charge in [-0.05, 0) is 56.3 Å². The lowest BCUT2D eigenvalue weighted by atomic mass is 9.49. The van der Waals surface area contributed by atoms with Crippen LogP contribution in [0.3, 0.4) is 0 Å². The minimum atomic E-state index is -0.0944. The molecule has 0 spiro atoms. The van der Waals surface area contributed by atoms with E-state index in [1.54, 1.807) is 0 Å². The molecular formula is C18H29N3O2. The maximum Gasteiger partial charge on any atom is 0.226 e. The summed E-state index contributed by atoms with van der Waals surface area (Å²) in [7, 11) is 0. The number of carbonyl (C=O) groups is 2. The molecule has 5 rings (SSSR count). The highest BCUT2D eigenvalue weighted by molar-refractivity contribution is 5.84. The molecule has 0 aromatic heterocycles. The smallest absolute Gasteiger partial charge is 0.226 e. The lowest BCUT2D eigenvalue weighted by molar-refractivity contribution is -0.146. The van der Waals surface area contributed by atoms with Crippen molar-refractivity contribution in [2.24, 2.45) is 29.1 Å². The Balaban J connectivity index is 1.21. The van der Waals surface area contributed by atoms with E-state index in [9.17, 15) is 9.59 Å². The summed E-state index contributed by atoms with van der Waals surface area (Å²) in [5.41, 5.74) is -0.0944. The van der Waals surface area contributed by atoms with E-state index in [0.717, 1.165) is 56.7 Å². The van der Waals surface area contributed by atoms with Gasteiger partial charge in [0.2, 0.25) is 11.8 Å². The lowest BCUT2D eigenvalue weighted by Crippen LogP contribution is -2.54. The van der Waals surface area contributed by atoms with Crippen LogP contribution in [-0.2, 0) is 9.59 Å². The predicted octanol–water partition coefficient (Wildman–Crippen LogP) is 1.04. The largest absolute Gasteiger partial charge is 0.356 e. The van der Waals surface area contributed by atoms with Gasteiger partial charge in [0.25, 0.3) is 0 Å². The van der Waals surface area contributed by atoms with Gasteiger partial charge in [-0.3, -0.25) is 9.59 Å². The highest BCUT2D eigenvalue weighted by Gasteiger charge is 2.54. The van der Waals surface area contributed by atoms with Gasteiger partial charge in [0, 0.05) is 43.9 Å². The van der Waals surface area contributed by atoms with Gasteiger partial charge >= 0.3 is 0 Å². The Morgan fingerprint density at radius 3 is 2.09 bits per heavy atom. The Labute approximate surface area is 138 Å². The Morgan fingerprint density at radius 2 is 1.57 bits per heavy atom. The summed E-state index contributed by atoms with van der Waals surface area (Å²) in [6.45, 7) is 3.25. The van der Waals surface area contributed by atoms with E-state index in [0.29, 0.717) is 18.9 Å². The average molecular weight is 319 g/mol. The highest BCUT2D eigenvalue weighted by Crippen LogP contribution is 2.60. The van der Waals surface area contributed by atoms with Gasteiger partial charge in [0.15, 0.2) is 0 Å². The minimum absolute atomic E-state index is 0.0581. The highest BCUT2D eigenvalue weighted by atomic mass is 16.2. The van der Waals surface area contributed by atoms with Gasteiger partial charge in [-0.1, -0.05) is 0 Å². The summed E-state index contributed by atoms with van der Waals surface area (Å²) in [5, 5.41) is 9.24. The molecule has 1 aliphatic heterocycles. The van der Waals surface area contributed by atoms with Crippen molar-refractivity contribution >= 4 is 11.8 Å². The van der Waals surface area contributed by atoms with Crippen LogP contribution in [0.25, 0.3) is 0 Å². The number of hydrogen-bond acceptors (Lipinski definition) is 3. The van der Waals surface area contributed by atoms with E-state index in [1.165, 1.54) is 19.3 Å². The normalized spacial score (nSPS) is 38.2. The average Bonchev–Trinajstić information content (AvgIpc) is 2.44. The fourth-order valence-corrected chi connectivity index (χ4v) is 5.71. The van der Waals surface area contributed by atoms with Crippen LogP contribution in [0.4, 0.5) is 0 Å². The zero-order valence-corrected chi connectivity index (χ0v) is 13.9. The van der Waals surface area contributed by atoms with E-state index >= 15 is 0 Å². The second kappa shape index (κ2) is 6.08. The molecule has 5 nitrogen and oxygen atoms in total. The molecule has 0 aromatic rings. The van der Waals surface area contributed by atoms with Crippen molar-refractivity contribution in [2.75, 3.05) is 26.2 Å². The summed E-state index contributed by atoms with van der Waals surface area (Å²) < 4.78 is 0. The zero-order chi connectivity index (χ0) is 15.9. The molecule has 2 amide bonds. The van der Waals surface area contributed by atoms with Gasteiger partial charge in [-0.2, -0.15) is 0 Å². The molecule has 1 heterocycles. The van der Waals surface area contributed by atoms with Crippen molar-refractivity contribution in [1.29, 1.82) is 0 Å². The van der Waals surface area contributed by atoms with Crippen LogP contribution in [0, 0.1) is 29.1 Å². The Kier molecular flexibility index (Phi) is 4.08. The first kappa shape index (κ1) is 15.4. The summed E-state index contributed by atoms with van der Waals surface area (Å²) in [5.74, 6) is 3.22. The number of amides is 2. The van der Waals surface area contributed by atoms with Crippen molar-refractivity contribution in [3.8, 4) is 0 Å². The second-order valence-electron chi connectivity index (χ2n) is 8.53. The van der Waals surface area contributed by atoms with Gasteiger partial charge in [-0.25, -0.2) is 0 Å². The van der Waals surface area contributed by atoms with E-state index in [2.05, 4.69) is 16.0 Å². The first-order chi connectivity index (χ1) is 11.1. The fourth-order valence-electron chi connectivity index (χ4n) is 5.71. The molecule has 5 fully saturated rings. The minimum Gasteiger partial charge on any atom is -0.356 e. The molecule has 5 aliphatic rings. The quantitative estimate of drug-likeness (QED) is 0.685. The molecule has 0 aromatic carbocycles. The molecule has 3 N–H and O–H groups in total. The molecule has 0 unspecified atom stereocenters. The van der Waals surface area contributed by atoms with Crippen molar-refractivity contribution in [1.82, 2.24) is 16.0 Å². The van der Waals surface area contributed by atoms with Gasteiger partial charge in [-0.15, -0.1) is 0 Å². The molecule has 4 saturated carbocycles. The van der Waals surface area contributed by atoms with Crippen LogP contribution in [0.5, 0.6) is 0 Å². The maximum atomic E-state index is 12.7. The number of nitrogens with one attached hydrogen (secondary N) is 3. The van der Waals surface area contributed by atoms with Gasteiger partial charge in [0.1, 0.15) is 0 Å². The molecule has 1 saturated heterocycles. The van der Waals surface area contributed by atoms with Crippen molar-refractivity contribution in [3.05, 3.63) is 0 Å². The Morgan fingerprint density at radius 1 is 0.957 bits per heavy atom. The van der Waals surface area contributed by atoms with Crippen LogP contribution >= 0.6 is 0 Å². The molecule has 128 valence electrons. The molecule has 23 heavy (non-hydrogen) atoms.